The third kappa shape index (κ3) is 6.68. The molecule has 2 aromatic heterocycles. The Labute approximate surface area is 493 Å². The molecular formula is C78H64B2N4. The summed E-state index contributed by atoms with van der Waals surface area (Å²) in [5.41, 5.74) is 43.3. The molecule has 0 aliphatic carbocycles. The Balaban J connectivity index is 1.06. The molecule has 402 valence electrons. The molecule has 6 heteroatoms. The van der Waals surface area contributed by atoms with Crippen molar-refractivity contribution in [3.63, 3.8) is 0 Å². The molecule has 13 aromatic rings. The van der Waals surface area contributed by atoms with E-state index in [1.807, 2.05) is 0 Å². The standard InChI is InChI=1S/C78H64B2N4/c1-41-13-19-55(20-14-41)81-67-40-68-62(39-61(67)79-63-33-47(7)31-59-57-29-43(3)17-23-65(57)83(77(59)63)71-37-53(35-69(81)75(71)79)73-49(9)25-45(5)26-50(73)10)80-64-34-48(8)32-60-58-30-44(4)18-24-66(58)84(78(60)64)72-38-54(74-51(11)27-46(6)28-52(74)12)36-70(76(72)80)82(68)56-21-15-42(2)16-22-56/h13-40H,1-12H3. The second kappa shape index (κ2) is 17.2. The van der Waals surface area contributed by atoms with E-state index in [1.54, 1.807) is 0 Å². The van der Waals surface area contributed by atoms with E-state index in [9.17, 15) is 0 Å². The molecule has 0 bridgehead atoms. The lowest BCUT2D eigenvalue weighted by molar-refractivity contribution is 1.17. The van der Waals surface area contributed by atoms with Crippen molar-refractivity contribution in [3.05, 3.63) is 237 Å². The average Bonchev–Trinajstić information content (AvgIpc) is 1.28. The Kier molecular flexibility index (Phi) is 10.1. The summed E-state index contributed by atoms with van der Waals surface area (Å²) in [6.07, 6.45) is 0. The van der Waals surface area contributed by atoms with Crippen molar-refractivity contribution in [1.29, 1.82) is 0 Å². The second-order valence-corrected chi connectivity index (χ2v) is 25.8. The van der Waals surface area contributed by atoms with Crippen LogP contribution in [0.5, 0.6) is 0 Å². The van der Waals surface area contributed by atoms with Crippen LogP contribution in [0.2, 0.25) is 0 Å². The third-order valence-corrected chi connectivity index (χ3v) is 19.6. The van der Waals surface area contributed by atoms with E-state index in [1.165, 1.54) is 200 Å². The Morgan fingerprint density at radius 3 is 1.00 bits per heavy atom. The molecule has 0 amide bonds. The van der Waals surface area contributed by atoms with Crippen LogP contribution in [0.1, 0.15) is 66.8 Å². The molecule has 11 aromatic carbocycles. The molecule has 84 heavy (non-hydrogen) atoms. The molecule has 0 N–H and O–H groups in total. The van der Waals surface area contributed by atoms with Gasteiger partial charge in [-0.3, -0.25) is 0 Å². The predicted octanol–water partition coefficient (Wildman–Crippen LogP) is 16.1. The maximum atomic E-state index is 2.71. The number of anilines is 6. The highest BCUT2D eigenvalue weighted by atomic mass is 15.2. The summed E-state index contributed by atoms with van der Waals surface area (Å²) in [5, 5.41) is 5.25. The van der Waals surface area contributed by atoms with Crippen molar-refractivity contribution >= 4 is 124 Å². The van der Waals surface area contributed by atoms with Gasteiger partial charge in [0.15, 0.2) is 0 Å². The predicted molar refractivity (Wildman–Crippen MR) is 362 cm³/mol. The largest absolute Gasteiger partial charge is 0.311 e. The quantitative estimate of drug-likeness (QED) is 0.163. The summed E-state index contributed by atoms with van der Waals surface area (Å²) in [7, 11) is 0. The molecule has 0 unspecified atom stereocenters. The topological polar surface area (TPSA) is 16.3 Å². The fourth-order valence-corrected chi connectivity index (χ4v) is 16.6. The number of nitrogens with zero attached hydrogens (tertiary/aromatic N) is 4. The van der Waals surface area contributed by atoms with Crippen LogP contribution in [-0.2, 0) is 0 Å². The Bertz CT molecular complexity index is 4800. The average molecular weight is 1080 g/mol. The second-order valence-electron chi connectivity index (χ2n) is 25.8. The van der Waals surface area contributed by atoms with Crippen LogP contribution in [0.3, 0.4) is 0 Å². The van der Waals surface area contributed by atoms with E-state index in [0.29, 0.717) is 0 Å². The number of benzene rings is 11. The van der Waals surface area contributed by atoms with Crippen LogP contribution < -0.4 is 42.6 Å². The molecule has 4 aliphatic rings. The highest BCUT2D eigenvalue weighted by Crippen LogP contribution is 2.49. The monoisotopic (exact) mass is 1080 g/mol. The van der Waals surface area contributed by atoms with Gasteiger partial charge in [-0.25, -0.2) is 0 Å². The van der Waals surface area contributed by atoms with Crippen LogP contribution >= 0.6 is 0 Å². The minimum absolute atomic E-state index is 0.0781. The van der Waals surface area contributed by atoms with Crippen LogP contribution in [-0.4, -0.2) is 22.6 Å². The van der Waals surface area contributed by atoms with Gasteiger partial charge in [0.25, 0.3) is 13.4 Å². The summed E-state index contributed by atoms with van der Waals surface area (Å²) in [6.45, 7) is 27.0. The van der Waals surface area contributed by atoms with Crippen LogP contribution in [0, 0.1) is 83.1 Å². The van der Waals surface area contributed by atoms with Gasteiger partial charge in [-0.05, 0) is 251 Å². The maximum absolute atomic E-state index is 2.71. The van der Waals surface area contributed by atoms with E-state index in [-0.39, 0.29) is 13.4 Å². The van der Waals surface area contributed by atoms with Crippen molar-refractivity contribution in [3.8, 4) is 33.6 Å². The lowest BCUT2D eigenvalue weighted by Gasteiger charge is -2.45. The minimum Gasteiger partial charge on any atom is -0.311 e. The molecule has 4 nitrogen and oxygen atoms in total. The normalized spacial score (nSPS) is 13.4. The molecule has 0 fully saturated rings. The van der Waals surface area contributed by atoms with Crippen molar-refractivity contribution in [1.82, 2.24) is 9.13 Å². The number of aryl methyl sites for hydroxylation is 12. The molecule has 0 saturated carbocycles. The molecule has 0 atom stereocenters. The number of fused-ring (bicyclic) bond motifs is 14. The Morgan fingerprint density at radius 2 is 0.607 bits per heavy atom. The molecular weight excluding hydrogens is 1010 g/mol. The van der Waals surface area contributed by atoms with Gasteiger partial charge in [-0.15, -0.1) is 0 Å². The van der Waals surface area contributed by atoms with E-state index >= 15 is 0 Å². The smallest absolute Gasteiger partial charge is 0.252 e. The first kappa shape index (κ1) is 49.4. The van der Waals surface area contributed by atoms with Crippen molar-refractivity contribution in [2.45, 2.75) is 83.1 Å². The summed E-state index contributed by atoms with van der Waals surface area (Å²) in [4.78, 5) is 5.30. The van der Waals surface area contributed by atoms with Crippen molar-refractivity contribution < 1.29 is 0 Å². The van der Waals surface area contributed by atoms with Crippen LogP contribution in [0.15, 0.2) is 170 Å². The van der Waals surface area contributed by atoms with E-state index in [4.69, 9.17) is 0 Å². The summed E-state index contributed by atoms with van der Waals surface area (Å²) >= 11 is 0. The number of hydrogen-bond acceptors (Lipinski definition) is 2. The number of rotatable bonds is 4. The summed E-state index contributed by atoms with van der Waals surface area (Å²) < 4.78 is 5.30. The van der Waals surface area contributed by atoms with Gasteiger partial charge in [-0.1, -0.05) is 123 Å². The first-order valence-electron chi connectivity index (χ1n) is 30.1. The van der Waals surface area contributed by atoms with Gasteiger partial charge in [0, 0.05) is 78.1 Å². The van der Waals surface area contributed by atoms with E-state index in [0.717, 1.165) is 11.4 Å². The highest BCUT2D eigenvalue weighted by molar-refractivity contribution is 7.03. The lowest BCUT2D eigenvalue weighted by atomic mass is 9.30. The van der Waals surface area contributed by atoms with Crippen LogP contribution in [0.4, 0.5) is 34.1 Å². The van der Waals surface area contributed by atoms with Crippen molar-refractivity contribution in [2.75, 3.05) is 9.80 Å². The SMILES string of the molecule is Cc1ccc(N2c3cc4c(cc3B3c5c2cc(-c2c(C)cc(C)cc2C)cc5-n2c5ccc(C)cc5c5cc(C)cc3c52)B2c3c(cc(-c5c(C)cc(C)cc5C)cc3-n3c5ccc(C)cc5c5cc(C)cc2c53)N4c2ccc(C)cc2)cc1. The molecule has 17 rings (SSSR count). The van der Waals surface area contributed by atoms with Crippen molar-refractivity contribution in [2.24, 2.45) is 0 Å². The van der Waals surface area contributed by atoms with Gasteiger partial charge < -0.3 is 18.9 Å². The Hall–Kier alpha value is -9.25. The number of hydrogen-bond donors (Lipinski definition) is 0. The van der Waals surface area contributed by atoms with Crippen LogP contribution in [0.25, 0.3) is 77.2 Å². The van der Waals surface area contributed by atoms with Gasteiger partial charge >= 0.3 is 0 Å². The van der Waals surface area contributed by atoms with Gasteiger partial charge in [-0.2, -0.15) is 0 Å². The highest BCUT2D eigenvalue weighted by Gasteiger charge is 2.48. The van der Waals surface area contributed by atoms with E-state index < -0.39 is 0 Å². The third-order valence-electron chi connectivity index (χ3n) is 19.6. The Morgan fingerprint density at radius 1 is 0.262 bits per heavy atom. The first-order chi connectivity index (χ1) is 40.6. The summed E-state index contributed by atoms with van der Waals surface area (Å²) in [6, 6.07) is 67.8. The fraction of sp³-hybridized carbons (Fsp3) is 0.154. The van der Waals surface area contributed by atoms with Gasteiger partial charge in [0.1, 0.15) is 0 Å². The van der Waals surface area contributed by atoms with E-state index in [2.05, 4.69) is 272 Å². The number of aromatic nitrogens is 2. The first-order valence-corrected chi connectivity index (χ1v) is 30.1. The maximum Gasteiger partial charge on any atom is 0.252 e. The van der Waals surface area contributed by atoms with Gasteiger partial charge in [0.05, 0.1) is 11.0 Å². The molecule has 4 aliphatic heterocycles. The molecule has 0 spiro atoms. The fourth-order valence-electron chi connectivity index (χ4n) is 16.6. The zero-order valence-electron chi connectivity index (χ0n) is 50.1. The zero-order valence-corrected chi connectivity index (χ0v) is 50.1. The van der Waals surface area contributed by atoms with Gasteiger partial charge in [0.2, 0.25) is 0 Å². The molecule has 0 saturated heterocycles. The summed E-state index contributed by atoms with van der Waals surface area (Å²) in [5.74, 6) is 0. The molecule has 6 heterocycles. The molecule has 0 radical (unpaired) electrons. The minimum atomic E-state index is -0.0781. The zero-order chi connectivity index (χ0) is 57.2. The lowest BCUT2D eigenvalue weighted by Crippen LogP contribution is -2.64.